The van der Waals surface area contributed by atoms with E-state index in [2.05, 4.69) is 37.8 Å². The fraction of sp³-hybridized carbons (Fsp3) is 0.368. The lowest BCUT2D eigenvalue weighted by Crippen LogP contribution is -2.46. The molecule has 1 aromatic carbocycles. The summed E-state index contributed by atoms with van der Waals surface area (Å²) in [4.78, 5) is 14.4. The molecule has 6 nitrogen and oxygen atoms in total. The summed E-state index contributed by atoms with van der Waals surface area (Å²) in [6.07, 6.45) is 8.15. The SMILES string of the molecule is O=C(NCC1(c2cccc(Br)c2)CCC1)C1=CN2CCS(=O)(=O)N=C2C=C1. The Hall–Kier alpha value is -1.93. The summed E-state index contributed by atoms with van der Waals surface area (Å²) in [6, 6.07) is 8.28. The van der Waals surface area contributed by atoms with Crippen molar-refractivity contribution >= 4 is 37.7 Å². The number of rotatable bonds is 4. The second-order valence-electron chi connectivity index (χ2n) is 7.17. The van der Waals surface area contributed by atoms with Crippen LogP contribution in [0.25, 0.3) is 0 Å². The lowest BCUT2D eigenvalue weighted by molar-refractivity contribution is -0.117. The molecule has 2 heterocycles. The maximum absolute atomic E-state index is 12.7. The normalized spacial score (nSPS) is 22.2. The number of benzene rings is 1. The number of amidine groups is 1. The van der Waals surface area contributed by atoms with E-state index < -0.39 is 10.0 Å². The molecule has 3 aliphatic rings. The summed E-state index contributed by atoms with van der Waals surface area (Å²) >= 11 is 3.53. The highest BCUT2D eigenvalue weighted by Gasteiger charge is 2.39. The maximum Gasteiger partial charge on any atom is 0.256 e. The summed E-state index contributed by atoms with van der Waals surface area (Å²) in [5, 5.41) is 3.07. The third kappa shape index (κ3) is 3.73. The Morgan fingerprint density at radius 1 is 1.30 bits per heavy atom. The van der Waals surface area contributed by atoms with E-state index in [-0.39, 0.29) is 17.1 Å². The fourth-order valence-corrected chi connectivity index (χ4v) is 5.04. The minimum absolute atomic E-state index is 0.00972. The van der Waals surface area contributed by atoms with Crippen LogP contribution in [0, 0.1) is 0 Å². The molecule has 1 aromatic rings. The van der Waals surface area contributed by atoms with E-state index in [1.165, 1.54) is 5.56 Å². The van der Waals surface area contributed by atoms with Gasteiger partial charge in [-0.15, -0.1) is 4.40 Å². The number of carbonyl (C=O) groups is 1. The number of carbonyl (C=O) groups excluding carboxylic acids is 1. The quantitative estimate of drug-likeness (QED) is 0.765. The van der Waals surface area contributed by atoms with Crippen molar-refractivity contribution < 1.29 is 13.2 Å². The first-order chi connectivity index (χ1) is 12.9. The molecule has 1 saturated carbocycles. The van der Waals surface area contributed by atoms with Gasteiger partial charge >= 0.3 is 0 Å². The van der Waals surface area contributed by atoms with Crippen LogP contribution in [0.2, 0.25) is 0 Å². The summed E-state index contributed by atoms with van der Waals surface area (Å²) in [6.45, 7) is 0.896. The van der Waals surface area contributed by atoms with Gasteiger partial charge in [-0.1, -0.05) is 34.5 Å². The molecule has 0 atom stereocenters. The Balaban J connectivity index is 1.46. The van der Waals surface area contributed by atoms with Gasteiger partial charge in [0.2, 0.25) is 0 Å². The minimum atomic E-state index is -3.39. The molecule has 8 heteroatoms. The van der Waals surface area contributed by atoms with Crippen molar-refractivity contribution in [1.82, 2.24) is 10.2 Å². The summed E-state index contributed by atoms with van der Waals surface area (Å²) in [5.74, 6) is 0.171. The van der Waals surface area contributed by atoms with Crippen LogP contribution in [0.15, 0.2) is 57.1 Å². The number of nitrogens with zero attached hydrogens (tertiary/aromatic N) is 2. The molecule has 1 N–H and O–H groups in total. The molecule has 2 aliphatic heterocycles. The number of hydrogen-bond acceptors (Lipinski definition) is 4. The molecule has 1 aliphatic carbocycles. The number of halogens is 1. The van der Waals surface area contributed by atoms with Crippen LogP contribution in [0.1, 0.15) is 24.8 Å². The number of fused-ring (bicyclic) bond motifs is 1. The Morgan fingerprint density at radius 3 is 2.81 bits per heavy atom. The van der Waals surface area contributed by atoms with E-state index in [0.717, 1.165) is 23.7 Å². The van der Waals surface area contributed by atoms with Gasteiger partial charge in [-0.25, -0.2) is 8.42 Å². The van der Waals surface area contributed by atoms with Crippen molar-refractivity contribution in [2.75, 3.05) is 18.8 Å². The monoisotopic (exact) mass is 449 g/mol. The van der Waals surface area contributed by atoms with Crippen molar-refractivity contribution in [3.8, 4) is 0 Å². The van der Waals surface area contributed by atoms with Crippen molar-refractivity contribution in [2.45, 2.75) is 24.7 Å². The fourth-order valence-electron chi connectivity index (χ4n) is 3.68. The third-order valence-electron chi connectivity index (χ3n) is 5.42. The molecule has 4 rings (SSSR count). The van der Waals surface area contributed by atoms with E-state index in [1.807, 2.05) is 12.1 Å². The molecular weight excluding hydrogens is 430 g/mol. The summed E-state index contributed by atoms with van der Waals surface area (Å²) in [7, 11) is -3.39. The van der Waals surface area contributed by atoms with Gasteiger partial charge in [-0.05, 0) is 42.7 Å². The second-order valence-corrected chi connectivity index (χ2v) is 9.84. The predicted molar refractivity (Wildman–Crippen MR) is 108 cm³/mol. The highest BCUT2D eigenvalue weighted by Crippen LogP contribution is 2.43. The van der Waals surface area contributed by atoms with Gasteiger partial charge in [0.05, 0.1) is 11.3 Å². The molecule has 0 unspecified atom stereocenters. The van der Waals surface area contributed by atoms with Crippen LogP contribution >= 0.6 is 15.9 Å². The van der Waals surface area contributed by atoms with Gasteiger partial charge in [0.15, 0.2) is 0 Å². The topological polar surface area (TPSA) is 78.8 Å². The lowest BCUT2D eigenvalue weighted by atomic mass is 9.64. The molecule has 1 fully saturated rings. The molecule has 1 amide bonds. The maximum atomic E-state index is 12.7. The third-order valence-corrected chi connectivity index (χ3v) is 7.08. The van der Waals surface area contributed by atoms with Gasteiger partial charge in [-0.3, -0.25) is 4.79 Å². The highest BCUT2D eigenvalue weighted by molar-refractivity contribution is 9.10. The first kappa shape index (κ1) is 18.4. The predicted octanol–water partition coefficient (Wildman–Crippen LogP) is 2.48. The first-order valence-electron chi connectivity index (χ1n) is 8.90. The standard InChI is InChI=1S/C19H20BrN3O3S/c20-16-4-1-3-15(11-16)19(7-2-8-19)13-21-18(24)14-5-6-17-22-27(25,26)10-9-23(17)12-14/h1,3-6,11-12H,2,7-10,13H2,(H,21,24). The zero-order chi connectivity index (χ0) is 19.1. The van der Waals surface area contributed by atoms with Crippen molar-refractivity contribution in [3.63, 3.8) is 0 Å². The smallest absolute Gasteiger partial charge is 0.256 e. The largest absolute Gasteiger partial charge is 0.351 e. The van der Waals surface area contributed by atoms with Gasteiger partial charge < -0.3 is 10.2 Å². The molecule has 27 heavy (non-hydrogen) atoms. The molecule has 0 bridgehead atoms. The van der Waals surface area contributed by atoms with E-state index in [9.17, 15) is 13.2 Å². The number of sulfonamides is 1. The molecule has 0 aromatic heterocycles. The van der Waals surface area contributed by atoms with Crippen LogP contribution in [-0.4, -0.2) is 43.9 Å². The number of nitrogens with one attached hydrogen (secondary N) is 1. The second kappa shape index (κ2) is 6.91. The number of amides is 1. The van der Waals surface area contributed by atoms with E-state index in [0.29, 0.717) is 24.5 Å². The number of hydrogen-bond donors (Lipinski definition) is 1. The van der Waals surface area contributed by atoms with Crippen LogP contribution in [0.4, 0.5) is 0 Å². The first-order valence-corrected chi connectivity index (χ1v) is 11.3. The van der Waals surface area contributed by atoms with Crippen LogP contribution < -0.4 is 5.32 Å². The van der Waals surface area contributed by atoms with Gasteiger partial charge in [0, 0.05) is 29.2 Å². The van der Waals surface area contributed by atoms with Crippen LogP contribution in [0.5, 0.6) is 0 Å². The zero-order valence-electron chi connectivity index (χ0n) is 14.7. The van der Waals surface area contributed by atoms with E-state index in [1.54, 1.807) is 23.3 Å². The summed E-state index contributed by atoms with van der Waals surface area (Å²) < 4.78 is 27.9. The molecule has 0 saturated heterocycles. The van der Waals surface area contributed by atoms with Crippen LogP contribution in [-0.2, 0) is 20.2 Å². The average molecular weight is 450 g/mol. The molecular formula is C19H20BrN3O3S. The van der Waals surface area contributed by atoms with E-state index in [4.69, 9.17) is 0 Å². The van der Waals surface area contributed by atoms with Gasteiger partial charge in [0.25, 0.3) is 15.9 Å². The summed E-state index contributed by atoms with van der Waals surface area (Å²) in [5.41, 5.74) is 1.74. The molecule has 0 radical (unpaired) electrons. The van der Waals surface area contributed by atoms with Crippen molar-refractivity contribution in [3.05, 3.63) is 58.2 Å². The van der Waals surface area contributed by atoms with Crippen molar-refractivity contribution in [2.24, 2.45) is 4.40 Å². The molecule has 142 valence electrons. The zero-order valence-corrected chi connectivity index (χ0v) is 17.1. The lowest BCUT2D eigenvalue weighted by Gasteiger charge is -2.42. The van der Waals surface area contributed by atoms with Crippen molar-refractivity contribution in [1.29, 1.82) is 0 Å². The average Bonchev–Trinajstić information content (AvgIpc) is 2.59. The van der Waals surface area contributed by atoms with Gasteiger partial charge in [-0.2, -0.15) is 0 Å². The molecule has 0 spiro atoms. The van der Waals surface area contributed by atoms with E-state index >= 15 is 0 Å². The Morgan fingerprint density at radius 2 is 2.11 bits per heavy atom. The highest BCUT2D eigenvalue weighted by atomic mass is 79.9. The Bertz CT molecular complexity index is 978. The minimum Gasteiger partial charge on any atom is -0.351 e. The Labute approximate surface area is 167 Å². The Kier molecular flexibility index (Phi) is 4.71. The van der Waals surface area contributed by atoms with Gasteiger partial charge in [0.1, 0.15) is 5.84 Å². The van der Waals surface area contributed by atoms with Crippen LogP contribution in [0.3, 0.4) is 0 Å².